The van der Waals surface area contributed by atoms with Crippen LogP contribution >= 0.6 is 0 Å². The van der Waals surface area contributed by atoms with Gasteiger partial charge in [-0.05, 0) is 41.8 Å². The summed E-state index contributed by atoms with van der Waals surface area (Å²) in [5.74, 6) is -0.546. The highest BCUT2D eigenvalue weighted by Gasteiger charge is 2.11. The maximum absolute atomic E-state index is 13.8. The van der Waals surface area contributed by atoms with Crippen LogP contribution in [0.5, 0.6) is 5.75 Å². The van der Waals surface area contributed by atoms with Crippen molar-refractivity contribution >= 4 is 0 Å². The van der Waals surface area contributed by atoms with Crippen LogP contribution in [0, 0.1) is 18.6 Å². The minimum absolute atomic E-state index is 0.197. The van der Waals surface area contributed by atoms with Gasteiger partial charge in [0.15, 0.2) is 11.6 Å². The van der Waals surface area contributed by atoms with Crippen molar-refractivity contribution in [3.8, 4) is 16.9 Å². The van der Waals surface area contributed by atoms with Crippen molar-refractivity contribution in [3.63, 3.8) is 0 Å². The van der Waals surface area contributed by atoms with Crippen molar-refractivity contribution in [1.29, 1.82) is 0 Å². The van der Waals surface area contributed by atoms with E-state index in [4.69, 9.17) is 4.74 Å². The second-order valence-electron chi connectivity index (χ2n) is 3.76. The number of methoxy groups -OCH3 is 1. The van der Waals surface area contributed by atoms with Crippen LogP contribution < -0.4 is 4.74 Å². The molecule has 2 aromatic rings. The molecule has 0 heterocycles. The minimum atomic E-state index is -0.408. The summed E-state index contributed by atoms with van der Waals surface area (Å²) in [5.41, 5.74) is 1.78. The first-order valence-corrected chi connectivity index (χ1v) is 5.22. The molecule has 0 bridgehead atoms. The third-order valence-corrected chi connectivity index (χ3v) is 2.71. The summed E-state index contributed by atoms with van der Waals surface area (Å²) in [7, 11) is 1.42. The van der Waals surface area contributed by atoms with Crippen molar-refractivity contribution < 1.29 is 13.5 Å². The molecule has 0 spiro atoms. The van der Waals surface area contributed by atoms with Gasteiger partial charge >= 0.3 is 0 Å². The van der Waals surface area contributed by atoms with E-state index in [1.165, 1.54) is 19.2 Å². The molecule has 0 unspecified atom stereocenters. The molecule has 2 aromatic carbocycles. The molecule has 0 radical (unpaired) electrons. The molecule has 0 amide bonds. The minimum Gasteiger partial charge on any atom is -0.494 e. The Morgan fingerprint density at radius 1 is 1.06 bits per heavy atom. The normalized spacial score (nSPS) is 10.4. The topological polar surface area (TPSA) is 9.23 Å². The van der Waals surface area contributed by atoms with Crippen molar-refractivity contribution in [1.82, 2.24) is 0 Å². The van der Waals surface area contributed by atoms with Gasteiger partial charge in [0.1, 0.15) is 5.82 Å². The average molecular weight is 234 g/mol. The van der Waals surface area contributed by atoms with E-state index in [9.17, 15) is 8.78 Å². The van der Waals surface area contributed by atoms with Gasteiger partial charge in [-0.2, -0.15) is 0 Å². The summed E-state index contributed by atoms with van der Waals surface area (Å²) in [4.78, 5) is 0. The van der Waals surface area contributed by atoms with Crippen LogP contribution in [-0.2, 0) is 0 Å². The zero-order valence-corrected chi connectivity index (χ0v) is 9.63. The second-order valence-corrected chi connectivity index (χ2v) is 3.76. The average Bonchev–Trinajstić information content (AvgIpc) is 2.32. The molecule has 0 N–H and O–H groups in total. The smallest absolute Gasteiger partial charge is 0.168 e. The SMILES string of the molecule is COc1ccc(-c2cccc(F)c2)c(C)c1F. The van der Waals surface area contributed by atoms with E-state index in [2.05, 4.69) is 0 Å². The molecule has 0 saturated carbocycles. The summed E-state index contributed by atoms with van der Waals surface area (Å²) in [6.45, 7) is 1.65. The van der Waals surface area contributed by atoms with E-state index in [-0.39, 0.29) is 11.6 Å². The fraction of sp³-hybridized carbons (Fsp3) is 0.143. The van der Waals surface area contributed by atoms with Gasteiger partial charge in [0, 0.05) is 0 Å². The maximum Gasteiger partial charge on any atom is 0.168 e. The highest BCUT2D eigenvalue weighted by atomic mass is 19.1. The van der Waals surface area contributed by atoms with Crippen molar-refractivity contribution in [2.45, 2.75) is 6.92 Å². The zero-order chi connectivity index (χ0) is 12.4. The van der Waals surface area contributed by atoms with Crippen LogP contribution in [0.3, 0.4) is 0 Å². The lowest BCUT2D eigenvalue weighted by Crippen LogP contribution is -1.94. The van der Waals surface area contributed by atoms with E-state index in [0.29, 0.717) is 16.7 Å². The summed E-state index contributed by atoms with van der Waals surface area (Å²) >= 11 is 0. The maximum atomic E-state index is 13.8. The molecule has 1 nitrogen and oxygen atoms in total. The Kier molecular flexibility index (Phi) is 3.09. The molecular formula is C14H12F2O. The molecule has 2 rings (SSSR count). The Balaban J connectivity index is 2.57. The molecule has 0 aliphatic carbocycles. The highest BCUT2D eigenvalue weighted by molar-refractivity contribution is 5.68. The van der Waals surface area contributed by atoms with E-state index in [1.54, 1.807) is 31.2 Å². The third-order valence-electron chi connectivity index (χ3n) is 2.71. The second kappa shape index (κ2) is 4.53. The summed E-state index contributed by atoms with van der Waals surface area (Å²) in [6.07, 6.45) is 0. The van der Waals surface area contributed by atoms with E-state index < -0.39 is 5.82 Å². The van der Waals surface area contributed by atoms with Crippen LogP contribution in [0.4, 0.5) is 8.78 Å². The fourth-order valence-electron chi connectivity index (χ4n) is 1.79. The molecular weight excluding hydrogens is 222 g/mol. The first-order chi connectivity index (χ1) is 8.13. The van der Waals surface area contributed by atoms with E-state index in [1.807, 2.05) is 0 Å². The highest BCUT2D eigenvalue weighted by Crippen LogP contribution is 2.30. The summed E-state index contributed by atoms with van der Waals surface area (Å²) in [6, 6.07) is 9.37. The molecule has 0 aromatic heterocycles. The van der Waals surface area contributed by atoms with Crippen molar-refractivity contribution in [2.75, 3.05) is 7.11 Å². The van der Waals surface area contributed by atoms with Gasteiger partial charge in [-0.3, -0.25) is 0 Å². The van der Waals surface area contributed by atoms with E-state index in [0.717, 1.165) is 0 Å². The predicted molar refractivity (Wildman–Crippen MR) is 63.1 cm³/mol. The Hall–Kier alpha value is -1.90. The molecule has 88 valence electrons. The Bertz CT molecular complexity index is 550. The van der Waals surface area contributed by atoms with Crippen LogP contribution in [0.1, 0.15) is 5.56 Å². The van der Waals surface area contributed by atoms with Gasteiger partial charge in [-0.15, -0.1) is 0 Å². The number of halogens is 2. The van der Waals surface area contributed by atoms with Gasteiger partial charge in [0.25, 0.3) is 0 Å². The molecule has 0 aliphatic rings. The Morgan fingerprint density at radius 2 is 1.82 bits per heavy atom. The lowest BCUT2D eigenvalue weighted by atomic mass is 10.00. The first-order valence-electron chi connectivity index (χ1n) is 5.22. The standard InChI is InChI=1S/C14H12F2O/c1-9-12(6-7-13(17-2)14(9)16)10-4-3-5-11(15)8-10/h3-8H,1-2H3. The molecule has 17 heavy (non-hydrogen) atoms. The van der Waals surface area contributed by atoms with Crippen LogP contribution in [0.2, 0.25) is 0 Å². The van der Waals surface area contributed by atoms with Gasteiger partial charge in [-0.1, -0.05) is 18.2 Å². The van der Waals surface area contributed by atoms with Crippen LogP contribution in [-0.4, -0.2) is 7.11 Å². The molecule has 0 aliphatic heterocycles. The monoisotopic (exact) mass is 234 g/mol. The van der Waals surface area contributed by atoms with Gasteiger partial charge in [-0.25, -0.2) is 8.78 Å². The lowest BCUT2D eigenvalue weighted by molar-refractivity contribution is 0.385. The number of rotatable bonds is 2. The fourth-order valence-corrected chi connectivity index (χ4v) is 1.79. The van der Waals surface area contributed by atoms with E-state index >= 15 is 0 Å². The molecule has 0 fully saturated rings. The first kappa shape index (κ1) is 11.6. The molecule has 0 saturated heterocycles. The lowest BCUT2D eigenvalue weighted by Gasteiger charge is -2.10. The number of benzene rings is 2. The van der Waals surface area contributed by atoms with Crippen molar-refractivity contribution in [2.24, 2.45) is 0 Å². The van der Waals surface area contributed by atoms with Crippen molar-refractivity contribution in [3.05, 3.63) is 53.6 Å². The van der Waals surface area contributed by atoms with Crippen LogP contribution in [0.15, 0.2) is 36.4 Å². The molecule has 3 heteroatoms. The quantitative estimate of drug-likeness (QED) is 0.764. The number of hydrogen-bond donors (Lipinski definition) is 0. The largest absolute Gasteiger partial charge is 0.494 e. The van der Waals surface area contributed by atoms with Gasteiger partial charge < -0.3 is 4.74 Å². The zero-order valence-electron chi connectivity index (χ0n) is 9.63. The summed E-state index contributed by atoms with van der Waals surface area (Å²) in [5, 5.41) is 0. The third kappa shape index (κ3) is 2.13. The Morgan fingerprint density at radius 3 is 2.47 bits per heavy atom. The number of hydrogen-bond acceptors (Lipinski definition) is 1. The van der Waals surface area contributed by atoms with Gasteiger partial charge in [0.05, 0.1) is 7.11 Å². The van der Waals surface area contributed by atoms with Crippen LogP contribution in [0.25, 0.3) is 11.1 Å². The predicted octanol–water partition coefficient (Wildman–Crippen LogP) is 3.95. The Labute approximate surface area is 98.7 Å². The van der Waals surface area contributed by atoms with Gasteiger partial charge in [0.2, 0.25) is 0 Å². The molecule has 0 atom stereocenters. The summed E-state index contributed by atoms with van der Waals surface area (Å²) < 4.78 is 31.8. The number of ether oxygens (including phenoxy) is 1.